The van der Waals surface area contributed by atoms with Gasteiger partial charge in [0.1, 0.15) is 0 Å². The van der Waals surface area contributed by atoms with Crippen molar-refractivity contribution in [2.24, 2.45) is 0 Å². The maximum absolute atomic E-state index is 9.87. The van der Waals surface area contributed by atoms with Crippen molar-refractivity contribution in [1.82, 2.24) is 4.90 Å². The molecular weight excluding hydrogens is 140 g/mol. The normalized spacial score (nSPS) is 11.2. The summed E-state index contributed by atoms with van der Waals surface area (Å²) >= 11 is 3.58. The van der Waals surface area contributed by atoms with Crippen LogP contribution in [0.1, 0.15) is 0 Å². The molecule has 0 saturated heterocycles. The first-order valence-electron chi connectivity index (χ1n) is 2.25. The highest BCUT2D eigenvalue weighted by Gasteiger charge is 2.01. The van der Waals surface area contributed by atoms with Crippen LogP contribution in [0.2, 0.25) is 0 Å². The molecule has 0 spiro atoms. The Morgan fingerprint density at radius 3 is 2.33 bits per heavy atom. The fourth-order valence-corrected chi connectivity index (χ4v) is 0.509. The summed E-state index contributed by atoms with van der Waals surface area (Å²) in [7, 11) is 3.39. The highest BCUT2D eigenvalue weighted by molar-refractivity contribution is 7.84. The van der Waals surface area contributed by atoms with Crippen molar-refractivity contribution in [1.29, 1.82) is 0 Å². The minimum atomic E-state index is -0.552. The second-order valence-electron chi connectivity index (χ2n) is 1.71. The maximum atomic E-state index is 9.87. The lowest BCUT2D eigenvalue weighted by molar-refractivity contribution is -0.410. The van der Waals surface area contributed by atoms with E-state index in [-0.39, 0.29) is 5.03 Å². The van der Waals surface area contributed by atoms with Gasteiger partial charge in [-0.05, 0) is 0 Å². The average molecular weight is 148 g/mol. The van der Waals surface area contributed by atoms with Crippen LogP contribution >= 0.6 is 12.6 Å². The van der Waals surface area contributed by atoms with Crippen LogP contribution < -0.4 is 0 Å². The number of nitrogens with zero attached hydrogens (tertiary/aromatic N) is 2. The molecule has 0 aromatic rings. The lowest BCUT2D eigenvalue weighted by atomic mass is 10.8. The van der Waals surface area contributed by atoms with Gasteiger partial charge in [0.2, 0.25) is 0 Å². The second kappa shape index (κ2) is 3.34. The summed E-state index contributed by atoms with van der Waals surface area (Å²) in [6.45, 7) is 0. The van der Waals surface area contributed by atoms with Crippen molar-refractivity contribution in [3.05, 3.63) is 21.3 Å². The molecule has 9 heavy (non-hydrogen) atoms. The van der Waals surface area contributed by atoms with Crippen LogP contribution in [0.5, 0.6) is 0 Å². The van der Waals surface area contributed by atoms with Gasteiger partial charge in [-0.3, -0.25) is 10.1 Å². The van der Waals surface area contributed by atoms with E-state index in [4.69, 9.17) is 0 Å². The van der Waals surface area contributed by atoms with Crippen LogP contribution in [0.3, 0.4) is 0 Å². The van der Waals surface area contributed by atoms with Gasteiger partial charge in [0.25, 0.3) is 0 Å². The molecule has 0 aliphatic rings. The summed E-state index contributed by atoms with van der Waals surface area (Å²) in [5.41, 5.74) is 0. The average Bonchev–Trinajstić information content (AvgIpc) is 1.63. The van der Waals surface area contributed by atoms with E-state index in [0.717, 1.165) is 0 Å². The van der Waals surface area contributed by atoms with E-state index < -0.39 is 4.92 Å². The SMILES string of the molecule is CN(C)C=C(S)[N+](=O)[O-]. The van der Waals surface area contributed by atoms with E-state index in [1.165, 1.54) is 6.20 Å². The number of hydrogen-bond acceptors (Lipinski definition) is 4. The van der Waals surface area contributed by atoms with Crippen LogP contribution in [-0.2, 0) is 0 Å². The van der Waals surface area contributed by atoms with Gasteiger partial charge in [0.05, 0.1) is 11.1 Å². The van der Waals surface area contributed by atoms with Gasteiger partial charge >= 0.3 is 5.03 Å². The molecule has 0 fully saturated rings. The van der Waals surface area contributed by atoms with Crippen molar-refractivity contribution in [3.8, 4) is 0 Å². The summed E-state index contributed by atoms with van der Waals surface area (Å²) in [5.74, 6) is 0. The summed E-state index contributed by atoms with van der Waals surface area (Å²) < 4.78 is 0. The number of nitro groups is 1. The first-order chi connectivity index (χ1) is 4.04. The Balaban J connectivity index is 4.00. The Kier molecular flexibility index (Phi) is 3.08. The highest BCUT2D eigenvalue weighted by atomic mass is 32.1. The Labute approximate surface area is 58.7 Å². The number of hydrogen-bond donors (Lipinski definition) is 1. The van der Waals surface area contributed by atoms with E-state index >= 15 is 0 Å². The zero-order valence-corrected chi connectivity index (χ0v) is 6.13. The van der Waals surface area contributed by atoms with Crippen LogP contribution in [0.4, 0.5) is 0 Å². The van der Waals surface area contributed by atoms with Crippen LogP contribution in [-0.4, -0.2) is 23.9 Å². The second-order valence-corrected chi connectivity index (χ2v) is 2.17. The largest absolute Gasteiger partial charge is 0.378 e. The van der Waals surface area contributed by atoms with Gasteiger partial charge in [-0.2, -0.15) is 0 Å². The first-order valence-corrected chi connectivity index (χ1v) is 2.70. The molecule has 0 saturated carbocycles. The van der Waals surface area contributed by atoms with E-state index in [0.29, 0.717) is 0 Å². The molecule has 0 atom stereocenters. The summed E-state index contributed by atoms with van der Waals surface area (Å²) in [5, 5.41) is 9.72. The van der Waals surface area contributed by atoms with Crippen molar-refractivity contribution in [2.45, 2.75) is 0 Å². The van der Waals surface area contributed by atoms with Gasteiger partial charge in [0.15, 0.2) is 0 Å². The topological polar surface area (TPSA) is 46.4 Å². The minimum absolute atomic E-state index is 0.153. The molecule has 5 heteroatoms. The van der Waals surface area contributed by atoms with Crippen LogP contribution in [0.25, 0.3) is 0 Å². The molecule has 52 valence electrons. The third-order valence-electron chi connectivity index (χ3n) is 0.561. The molecule has 4 nitrogen and oxygen atoms in total. The molecular formula is C4H8N2O2S. The van der Waals surface area contributed by atoms with Crippen molar-refractivity contribution < 1.29 is 4.92 Å². The third-order valence-corrected chi connectivity index (χ3v) is 0.839. The Morgan fingerprint density at radius 1 is 1.78 bits per heavy atom. The number of thiol groups is 1. The molecule has 0 amide bonds. The predicted molar refractivity (Wildman–Crippen MR) is 37.8 cm³/mol. The Morgan fingerprint density at radius 2 is 2.22 bits per heavy atom. The van der Waals surface area contributed by atoms with Gasteiger partial charge < -0.3 is 4.90 Å². The highest BCUT2D eigenvalue weighted by Crippen LogP contribution is 1.99. The van der Waals surface area contributed by atoms with E-state index in [1.807, 2.05) is 0 Å². The monoisotopic (exact) mass is 148 g/mol. The third kappa shape index (κ3) is 3.84. The van der Waals surface area contributed by atoms with Gasteiger partial charge in [-0.25, -0.2) is 0 Å². The Bertz CT molecular complexity index is 144. The summed E-state index contributed by atoms with van der Waals surface area (Å²) in [6.07, 6.45) is 1.32. The fourth-order valence-electron chi connectivity index (χ4n) is 0.278. The van der Waals surface area contributed by atoms with Crippen LogP contribution in [0.15, 0.2) is 11.2 Å². The molecule has 0 aromatic carbocycles. The number of rotatable bonds is 2. The van der Waals surface area contributed by atoms with Crippen LogP contribution in [0, 0.1) is 10.1 Å². The summed E-state index contributed by atoms with van der Waals surface area (Å²) in [6, 6.07) is 0. The molecule has 0 unspecified atom stereocenters. The first kappa shape index (κ1) is 8.29. The molecule has 0 radical (unpaired) electrons. The van der Waals surface area contributed by atoms with Gasteiger partial charge in [-0.1, -0.05) is 12.6 Å². The fraction of sp³-hybridized carbons (Fsp3) is 0.500. The standard InChI is InChI=1S/C4H8N2O2S/c1-5(2)3-4(9)6(7)8/h3,9H,1-2H3. The lowest BCUT2D eigenvalue weighted by Crippen LogP contribution is -2.04. The van der Waals surface area contributed by atoms with Gasteiger partial charge in [0, 0.05) is 14.1 Å². The molecule has 0 rings (SSSR count). The molecule has 0 heterocycles. The molecule has 0 aromatic heterocycles. The quantitative estimate of drug-likeness (QED) is 0.353. The van der Waals surface area contributed by atoms with E-state index in [2.05, 4.69) is 12.6 Å². The maximum Gasteiger partial charge on any atom is 0.315 e. The zero-order valence-electron chi connectivity index (χ0n) is 5.24. The zero-order chi connectivity index (χ0) is 7.44. The van der Waals surface area contributed by atoms with Crippen molar-refractivity contribution in [2.75, 3.05) is 14.1 Å². The predicted octanol–water partition coefficient (Wildman–Crippen LogP) is 0.553. The van der Waals surface area contributed by atoms with E-state index in [9.17, 15) is 10.1 Å². The van der Waals surface area contributed by atoms with Gasteiger partial charge in [-0.15, -0.1) is 0 Å². The lowest BCUT2D eigenvalue weighted by Gasteiger charge is -2.00. The smallest absolute Gasteiger partial charge is 0.315 e. The molecule has 0 N–H and O–H groups in total. The van der Waals surface area contributed by atoms with Crippen molar-refractivity contribution >= 4 is 12.6 Å². The Hall–Kier alpha value is -0.710. The minimum Gasteiger partial charge on any atom is -0.378 e. The molecule has 0 aliphatic carbocycles. The van der Waals surface area contributed by atoms with E-state index in [1.54, 1.807) is 19.0 Å². The molecule has 0 bridgehead atoms. The summed E-state index contributed by atoms with van der Waals surface area (Å²) in [4.78, 5) is 10.9. The van der Waals surface area contributed by atoms with Crippen molar-refractivity contribution in [3.63, 3.8) is 0 Å². The molecule has 0 aliphatic heterocycles.